The third-order valence-electron chi connectivity index (χ3n) is 3.31. The molecule has 0 aliphatic carbocycles. The molecule has 2 N–H and O–H groups in total. The smallest absolute Gasteiger partial charge is 0.257 e. The van der Waals surface area contributed by atoms with Gasteiger partial charge in [0.05, 0.1) is 22.3 Å². The quantitative estimate of drug-likeness (QED) is 0.513. The molecule has 0 bridgehead atoms. The molecule has 0 aliphatic heterocycles. The second kappa shape index (κ2) is 9.61. The Hall–Kier alpha value is -1.82. The molecule has 2 aromatic rings. The number of hydrogen-bond acceptors (Lipinski definition) is 3. The van der Waals surface area contributed by atoms with Crippen molar-refractivity contribution in [2.24, 2.45) is 0 Å². The molecular weight excluding hydrogens is 379 g/mol. The van der Waals surface area contributed by atoms with Crippen molar-refractivity contribution in [3.8, 4) is 5.75 Å². The highest BCUT2D eigenvalue weighted by Crippen LogP contribution is 2.29. The maximum absolute atomic E-state index is 12.2. The van der Waals surface area contributed by atoms with Crippen LogP contribution in [0.1, 0.15) is 30.1 Å². The largest absolute Gasteiger partial charge is 0.494 e. The zero-order valence-electron chi connectivity index (χ0n) is 13.6. The molecular formula is C18H18Cl2N2O2S. The fourth-order valence-electron chi connectivity index (χ4n) is 1.97. The number of amides is 1. The van der Waals surface area contributed by atoms with Crippen molar-refractivity contribution < 1.29 is 9.53 Å². The third-order valence-corrected chi connectivity index (χ3v) is 4.15. The van der Waals surface area contributed by atoms with Crippen molar-refractivity contribution in [1.82, 2.24) is 5.32 Å². The Morgan fingerprint density at radius 1 is 1.12 bits per heavy atom. The minimum Gasteiger partial charge on any atom is -0.494 e. The van der Waals surface area contributed by atoms with Crippen LogP contribution in [0.5, 0.6) is 5.75 Å². The SMILES string of the molecule is CCCCOc1ccc(C(=O)NC(=S)Nc2c(Cl)cccc2Cl)cc1. The first kappa shape index (κ1) is 19.5. The summed E-state index contributed by atoms with van der Waals surface area (Å²) in [7, 11) is 0. The van der Waals surface area contributed by atoms with Gasteiger partial charge in [-0.3, -0.25) is 10.1 Å². The van der Waals surface area contributed by atoms with E-state index in [9.17, 15) is 4.79 Å². The Morgan fingerprint density at radius 3 is 2.36 bits per heavy atom. The van der Waals surface area contributed by atoms with Gasteiger partial charge in [0.2, 0.25) is 0 Å². The number of halogens is 2. The predicted octanol–water partition coefficient (Wildman–Crippen LogP) is 5.30. The molecule has 0 fully saturated rings. The molecule has 0 radical (unpaired) electrons. The molecule has 0 saturated carbocycles. The van der Waals surface area contributed by atoms with Crippen molar-refractivity contribution in [2.45, 2.75) is 19.8 Å². The number of rotatable bonds is 6. The van der Waals surface area contributed by atoms with Crippen LogP contribution in [0, 0.1) is 0 Å². The first-order chi connectivity index (χ1) is 12.0. The second-order valence-corrected chi connectivity index (χ2v) is 6.45. The lowest BCUT2D eigenvalue weighted by atomic mass is 10.2. The molecule has 1 amide bonds. The van der Waals surface area contributed by atoms with E-state index < -0.39 is 0 Å². The fourth-order valence-corrected chi connectivity index (χ4v) is 2.66. The van der Waals surface area contributed by atoms with Gasteiger partial charge in [0, 0.05) is 5.56 Å². The Bertz CT molecular complexity index is 731. The van der Waals surface area contributed by atoms with E-state index in [2.05, 4.69) is 17.6 Å². The van der Waals surface area contributed by atoms with E-state index in [1.54, 1.807) is 42.5 Å². The minimum absolute atomic E-state index is 0.114. The first-order valence-electron chi connectivity index (χ1n) is 7.80. The highest BCUT2D eigenvalue weighted by molar-refractivity contribution is 7.80. The number of nitrogens with one attached hydrogen (secondary N) is 2. The van der Waals surface area contributed by atoms with E-state index in [0.29, 0.717) is 27.9 Å². The van der Waals surface area contributed by atoms with Crippen molar-refractivity contribution in [3.63, 3.8) is 0 Å². The number of hydrogen-bond donors (Lipinski definition) is 2. The predicted molar refractivity (Wildman–Crippen MR) is 107 cm³/mol. The van der Waals surface area contributed by atoms with Crippen molar-refractivity contribution in [2.75, 3.05) is 11.9 Å². The maximum atomic E-state index is 12.2. The summed E-state index contributed by atoms with van der Waals surface area (Å²) in [4.78, 5) is 12.2. The van der Waals surface area contributed by atoms with Gasteiger partial charge in [-0.25, -0.2) is 0 Å². The monoisotopic (exact) mass is 396 g/mol. The van der Waals surface area contributed by atoms with Crippen LogP contribution >= 0.6 is 35.4 Å². The lowest BCUT2D eigenvalue weighted by Crippen LogP contribution is -2.34. The fraction of sp³-hybridized carbons (Fsp3) is 0.222. The number of anilines is 1. The van der Waals surface area contributed by atoms with Gasteiger partial charge < -0.3 is 10.1 Å². The summed E-state index contributed by atoms with van der Waals surface area (Å²) in [6, 6.07) is 12.0. The number of unbranched alkanes of at least 4 members (excludes halogenated alkanes) is 1. The Balaban J connectivity index is 1.93. The lowest BCUT2D eigenvalue weighted by molar-refractivity contribution is 0.0977. The van der Waals surface area contributed by atoms with Gasteiger partial charge >= 0.3 is 0 Å². The van der Waals surface area contributed by atoms with Crippen LogP contribution in [0.3, 0.4) is 0 Å². The summed E-state index contributed by atoms with van der Waals surface area (Å²) < 4.78 is 5.57. The van der Waals surface area contributed by atoms with Crippen LogP contribution in [0.4, 0.5) is 5.69 Å². The van der Waals surface area contributed by atoms with Gasteiger partial charge in [-0.2, -0.15) is 0 Å². The normalized spacial score (nSPS) is 10.2. The van der Waals surface area contributed by atoms with E-state index in [0.717, 1.165) is 18.6 Å². The molecule has 7 heteroatoms. The summed E-state index contributed by atoms with van der Waals surface area (Å²) in [6.07, 6.45) is 2.06. The highest BCUT2D eigenvalue weighted by Gasteiger charge is 2.11. The van der Waals surface area contributed by atoms with Gasteiger partial charge in [-0.15, -0.1) is 0 Å². The van der Waals surface area contributed by atoms with Gasteiger partial charge in [0.15, 0.2) is 5.11 Å². The molecule has 4 nitrogen and oxygen atoms in total. The molecule has 0 saturated heterocycles. The van der Waals surface area contributed by atoms with Crippen LogP contribution in [-0.4, -0.2) is 17.6 Å². The van der Waals surface area contributed by atoms with Gasteiger partial charge in [0.1, 0.15) is 5.75 Å². The van der Waals surface area contributed by atoms with Gasteiger partial charge in [-0.05, 0) is 55.0 Å². The summed E-state index contributed by atoms with van der Waals surface area (Å²) in [5.74, 6) is 0.398. The third kappa shape index (κ3) is 5.88. The van der Waals surface area contributed by atoms with Crippen molar-refractivity contribution in [3.05, 3.63) is 58.1 Å². The molecule has 0 atom stereocenters. The number of carbonyl (C=O) groups excluding carboxylic acids is 1. The topological polar surface area (TPSA) is 50.4 Å². The Morgan fingerprint density at radius 2 is 1.76 bits per heavy atom. The minimum atomic E-state index is -0.333. The molecule has 2 rings (SSSR count). The zero-order valence-corrected chi connectivity index (χ0v) is 16.0. The average molecular weight is 397 g/mol. The summed E-state index contributed by atoms with van der Waals surface area (Å²) in [5, 5.41) is 6.37. The van der Waals surface area contributed by atoms with Crippen LogP contribution in [0.2, 0.25) is 10.0 Å². The van der Waals surface area contributed by atoms with E-state index >= 15 is 0 Å². The Labute approximate surface area is 162 Å². The van der Waals surface area contributed by atoms with Crippen LogP contribution < -0.4 is 15.4 Å². The zero-order chi connectivity index (χ0) is 18.2. The average Bonchev–Trinajstić information content (AvgIpc) is 2.59. The highest BCUT2D eigenvalue weighted by atomic mass is 35.5. The molecule has 0 spiro atoms. The molecule has 2 aromatic carbocycles. The number of carbonyl (C=O) groups is 1. The lowest BCUT2D eigenvalue weighted by Gasteiger charge is -2.12. The first-order valence-corrected chi connectivity index (χ1v) is 8.97. The van der Waals surface area contributed by atoms with Crippen LogP contribution in [-0.2, 0) is 0 Å². The molecule has 0 aliphatic rings. The molecule has 0 heterocycles. The number of ether oxygens (including phenoxy) is 1. The second-order valence-electron chi connectivity index (χ2n) is 5.23. The molecule has 0 unspecified atom stereocenters. The van der Waals surface area contributed by atoms with E-state index in [1.807, 2.05) is 0 Å². The van der Waals surface area contributed by atoms with Crippen molar-refractivity contribution in [1.29, 1.82) is 0 Å². The summed E-state index contributed by atoms with van der Waals surface area (Å²) >= 11 is 17.3. The molecule has 0 aromatic heterocycles. The van der Waals surface area contributed by atoms with E-state index in [4.69, 9.17) is 40.2 Å². The molecule has 25 heavy (non-hydrogen) atoms. The van der Waals surface area contributed by atoms with Crippen LogP contribution in [0.25, 0.3) is 0 Å². The molecule has 132 valence electrons. The van der Waals surface area contributed by atoms with Crippen molar-refractivity contribution >= 4 is 52.1 Å². The summed E-state index contributed by atoms with van der Waals surface area (Å²) in [6.45, 7) is 2.76. The summed E-state index contributed by atoms with van der Waals surface area (Å²) in [5.41, 5.74) is 0.924. The van der Waals surface area contributed by atoms with Gasteiger partial charge in [-0.1, -0.05) is 42.6 Å². The van der Waals surface area contributed by atoms with Gasteiger partial charge in [0.25, 0.3) is 5.91 Å². The Kier molecular flexibility index (Phi) is 7.50. The van der Waals surface area contributed by atoms with E-state index in [-0.39, 0.29) is 11.0 Å². The maximum Gasteiger partial charge on any atom is 0.257 e. The number of thiocarbonyl (C=S) groups is 1. The van der Waals surface area contributed by atoms with E-state index in [1.165, 1.54) is 0 Å². The van der Waals surface area contributed by atoms with Crippen LogP contribution in [0.15, 0.2) is 42.5 Å². The number of benzene rings is 2. The standard InChI is InChI=1S/C18H18Cl2N2O2S/c1-2-3-11-24-13-9-7-12(8-10-13)17(23)22-18(25)21-16-14(19)5-4-6-15(16)20/h4-10H,2-3,11H2,1H3,(H2,21,22,23,25). The number of para-hydroxylation sites is 1.